The highest BCUT2D eigenvalue weighted by atomic mass is 79.9. The summed E-state index contributed by atoms with van der Waals surface area (Å²) < 4.78 is 1.10. The molecule has 2 rings (SSSR count). The summed E-state index contributed by atoms with van der Waals surface area (Å²) in [6.07, 6.45) is 4.29. The Bertz CT molecular complexity index is 494. The smallest absolute Gasteiger partial charge is 0.0484 e. The van der Waals surface area contributed by atoms with Crippen molar-refractivity contribution in [3.8, 4) is 0 Å². The van der Waals surface area contributed by atoms with Gasteiger partial charge in [0.15, 0.2) is 0 Å². The van der Waals surface area contributed by atoms with E-state index in [9.17, 15) is 0 Å². The lowest BCUT2D eigenvalue weighted by Gasteiger charge is -2.31. The molecule has 1 heterocycles. The van der Waals surface area contributed by atoms with E-state index in [1.54, 1.807) is 0 Å². The van der Waals surface area contributed by atoms with Crippen LogP contribution < -0.4 is 0 Å². The summed E-state index contributed by atoms with van der Waals surface area (Å²) in [4.78, 5) is 2.25. The third-order valence-electron chi connectivity index (χ3n) is 3.02. The van der Waals surface area contributed by atoms with Gasteiger partial charge in [-0.2, -0.15) is 0 Å². The van der Waals surface area contributed by atoms with Crippen molar-refractivity contribution in [3.05, 3.63) is 64.3 Å². The quantitative estimate of drug-likeness (QED) is 0.770. The van der Waals surface area contributed by atoms with Crippen LogP contribution in [0.3, 0.4) is 0 Å². The van der Waals surface area contributed by atoms with E-state index < -0.39 is 0 Å². The van der Waals surface area contributed by atoms with Crippen LogP contribution in [-0.4, -0.2) is 11.4 Å². The maximum absolute atomic E-state index is 4.15. The maximum atomic E-state index is 4.15. The molecule has 0 fully saturated rings. The van der Waals surface area contributed by atoms with Crippen LogP contribution in [0.25, 0.3) is 5.70 Å². The molecule has 0 saturated heterocycles. The van der Waals surface area contributed by atoms with Crippen LogP contribution in [0.5, 0.6) is 0 Å². The Balaban J connectivity index is 2.43. The molecule has 0 atom stereocenters. The molecule has 0 aliphatic carbocycles. The van der Waals surface area contributed by atoms with Crippen LogP contribution in [-0.2, 0) is 0 Å². The van der Waals surface area contributed by atoms with Gasteiger partial charge in [0.05, 0.1) is 0 Å². The van der Waals surface area contributed by atoms with E-state index in [4.69, 9.17) is 0 Å². The third-order valence-corrected chi connectivity index (χ3v) is 3.55. The van der Waals surface area contributed by atoms with Crippen molar-refractivity contribution in [2.75, 3.05) is 6.54 Å². The zero-order chi connectivity index (χ0) is 12.4. The lowest BCUT2D eigenvalue weighted by molar-refractivity contribution is 0.522. The van der Waals surface area contributed by atoms with Crippen LogP contribution in [0.2, 0.25) is 0 Å². The van der Waals surface area contributed by atoms with E-state index in [1.807, 2.05) is 0 Å². The van der Waals surface area contributed by atoms with Gasteiger partial charge in [0.1, 0.15) is 0 Å². The SMILES string of the molecule is C=C1C(C)=CC=C(c2ccc(Br)cc2)N1CC. The topological polar surface area (TPSA) is 3.24 Å². The van der Waals surface area contributed by atoms with E-state index in [0.29, 0.717) is 0 Å². The van der Waals surface area contributed by atoms with Crippen LogP contribution >= 0.6 is 15.9 Å². The van der Waals surface area contributed by atoms with E-state index in [1.165, 1.54) is 16.8 Å². The Labute approximate surface area is 111 Å². The lowest BCUT2D eigenvalue weighted by atomic mass is 10.0. The zero-order valence-electron chi connectivity index (χ0n) is 10.2. The van der Waals surface area contributed by atoms with Gasteiger partial charge >= 0.3 is 0 Å². The largest absolute Gasteiger partial charge is 0.342 e. The first-order chi connectivity index (χ1) is 8.13. The van der Waals surface area contributed by atoms with Crippen molar-refractivity contribution in [1.82, 2.24) is 4.90 Å². The van der Waals surface area contributed by atoms with Crippen molar-refractivity contribution in [1.29, 1.82) is 0 Å². The highest BCUT2D eigenvalue weighted by Crippen LogP contribution is 2.30. The second kappa shape index (κ2) is 4.92. The van der Waals surface area contributed by atoms with E-state index in [0.717, 1.165) is 16.7 Å². The molecule has 1 nitrogen and oxygen atoms in total. The second-order valence-corrected chi connectivity index (χ2v) is 5.02. The predicted molar refractivity (Wildman–Crippen MR) is 77.4 cm³/mol. The molecular weight excluding hydrogens is 274 g/mol. The van der Waals surface area contributed by atoms with Gasteiger partial charge in [-0.05, 0) is 43.2 Å². The third kappa shape index (κ3) is 2.37. The minimum absolute atomic E-state index is 0.936. The lowest BCUT2D eigenvalue weighted by Crippen LogP contribution is -2.23. The van der Waals surface area contributed by atoms with Crippen molar-refractivity contribution >= 4 is 21.6 Å². The highest BCUT2D eigenvalue weighted by molar-refractivity contribution is 9.10. The summed E-state index contributed by atoms with van der Waals surface area (Å²) in [7, 11) is 0. The Morgan fingerprint density at radius 1 is 1.18 bits per heavy atom. The minimum Gasteiger partial charge on any atom is -0.342 e. The number of halogens is 1. The van der Waals surface area contributed by atoms with E-state index in [-0.39, 0.29) is 0 Å². The molecule has 0 aromatic heterocycles. The molecule has 0 bridgehead atoms. The number of rotatable bonds is 2. The number of benzene rings is 1. The molecule has 1 aliphatic heterocycles. The van der Waals surface area contributed by atoms with Gasteiger partial charge in [0, 0.05) is 22.4 Å². The van der Waals surface area contributed by atoms with Gasteiger partial charge in [0.2, 0.25) is 0 Å². The van der Waals surface area contributed by atoms with Gasteiger partial charge < -0.3 is 4.90 Å². The summed E-state index contributed by atoms with van der Waals surface area (Å²) in [6, 6.07) is 8.39. The highest BCUT2D eigenvalue weighted by Gasteiger charge is 2.16. The van der Waals surface area contributed by atoms with E-state index in [2.05, 4.69) is 77.7 Å². The molecule has 1 aromatic carbocycles. The fourth-order valence-electron chi connectivity index (χ4n) is 1.98. The average molecular weight is 290 g/mol. The molecular formula is C15H16BrN. The van der Waals surface area contributed by atoms with Gasteiger partial charge in [0.25, 0.3) is 0 Å². The first-order valence-corrected chi connectivity index (χ1v) is 6.54. The van der Waals surface area contributed by atoms with Crippen molar-refractivity contribution in [3.63, 3.8) is 0 Å². The number of nitrogens with zero attached hydrogens (tertiary/aromatic N) is 1. The Morgan fingerprint density at radius 3 is 2.41 bits per heavy atom. The average Bonchev–Trinajstić information content (AvgIpc) is 2.34. The van der Waals surface area contributed by atoms with Gasteiger partial charge in [-0.3, -0.25) is 0 Å². The van der Waals surface area contributed by atoms with Crippen LogP contribution in [0.15, 0.2) is 58.7 Å². The first kappa shape index (κ1) is 12.2. The van der Waals surface area contributed by atoms with Crippen molar-refractivity contribution in [2.45, 2.75) is 13.8 Å². The molecule has 2 heteroatoms. The maximum Gasteiger partial charge on any atom is 0.0484 e. The number of likely N-dealkylation sites (N-methyl/N-ethyl adjacent to an activating group) is 1. The van der Waals surface area contributed by atoms with Crippen LogP contribution in [0, 0.1) is 0 Å². The van der Waals surface area contributed by atoms with Crippen LogP contribution in [0.4, 0.5) is 0 Å². The number of hydrogen-bond donors (Lipinski definition) is 0. The molecule has 0 saturated carbocycles. The monoisotopic (exact) mass is 289 g/mol. The molecule has 0 spiro atoms. The van der Waals surface area contributed by atoms with Gasteiger partial charge in [-0.25, -0.2) is 0 Å². The van der Waals surface area contributed by atoms with Crippen LogP contribution in [0.1, 0.15) is 19.4 Å². The molecule has 1 aliphatic rings. The summed E-state index contributed by atoms with van der Waals surface area (Å²) in [6.45, 7) is 9.33. The van der Waals surface area contributed by atoms with Gasteiger partial charge in [-0.1, -0.05) is 40.7 Å². The summed E-state index contributed by atoms with van der Waals surface area (Å²) in [5, 5.41) is 0. The molecule has 0 unspecified atom stereocenters. The zero-order valence-corrected chi connectivity index (χ0v) is 11.8. The molecule has 0 amide bonds. The second-order valence-electron chi connectivity index (χ2n) is 4.10. The standard InChI is InChI=1S/C15H16BrN/c1-4-17-12(3)11(2)5-10-15(17)13-6-8-14(16)9-7-13/h5-10H,3-4H2,1-2H3. The fraction of sp³-hybridized carbons (Fsp3) is 0.200. The number of allylic oxidation sites excluding steroid dienone is 3. The number of hydrogen-bond acceptors (Lipinski definition) is 1. The summed E-state index contributed by atoms with van der Waals surface area (Å²) >= 11 is 3.46. The normalized spacial score (nSPS) is 15.7. The summed E-state index contributed by atoms with van der Waals surface area (Å²) in [5.41, 5.74) is 4.76. The predicted octanol–water partition coefficient (Wildman–Crippen LogP) is 4.59. The van der Waals surface area contributed by atoms with Gasteiger partial charge in [-0.15, -0.1) is 0 Å². The van der Waals surface area contributed by atoms with E-state index >= 15 is 0 Å². The molecule has 17 heavy (non-hydrogen) atoms. The minimum atomic E-state index is 0.936. The molecule has 0 N–H and O–H groups in total. The Morgan fingerprint density at radius 2 is 1.82 bits per heavy atom. The first-order valence-electron chi connectivity index (χ1n) is 5.75. The molecule has 88 valence electrons. The van der Waals surface area contributed by atoms with Crippen molar-refractivity contribution in [2.24, 2.45) is 0 Å². The fourth-order valence-corrected chi connectivity index (χ4v) is 2.25. The Kier molecular flexibility index (Phi) is 3.53. The Hall–Kier alpha value is -1.28. The molecule has 0 radical (unpaired) electrons. The summed E-state index contributed by atoms with van der Waals surface area (Å²) in [5.74, 6) is 0. The molecule has 1 aromatic rings. The van der Waals surface area contributed by atoms with Crippen molar-refractivity contribution < 1.29 is 0 Å².